The minimum absolute atomic E-state index is 0.0913. The summed E-state index contributed by atoms with van der Waals surface area (Å²) >= 11 is 0. The predicted octanol–water partition coefficient (Wildman–Crippen LogP) is 0.499. The Hall–Kier alpha value is -3.10. The molecule has 0 spiro atoms. The van der Waals surface area contributed by atoms with Gasteiger partial charge in [-0.1, -0.05) is 0 Å². The van der Waals surface area contributed by atoms with E-state index in [1.807, 2.05) is 0 Å². The van der Waals surface area contributed by atoms with Gasteiger partial charge in [0.15, 0.2) is 0 Å². The highest BCUT2D eigenvalue weighted by Gasteiger charge is 2.25. The Balaban J connectivity index is 1.67. The average molecular weight is 388 g/mol. The number of carbonyl (C=O) groups excluding carboxylic acids is 2. The van der Waals surface area contributed by atoms with Gasteiger partial charge in [-0.15, -0.1) is 0 Å². The Kier molecular flexibility index (Phi) is 5.53. The largest absolute Gasteiger partial charge is 0.466 e. The molecule has 0 unspecified atom stereocenters. The summed E-state index contributed by atoms with van der Waals surface area (Å²) in [6, 6.07) is 1.73. The molecule has 2 N–H and O–H groups in total. The fourth-order valence-corrected chi connectivity index (χ4v) is 3.49. The molecule has 28 heavy (non-hydrogen) atoms. The van der Waals surface area contributed by atoms with Gasteiger partial charge in [0.25, 0.3) is 11.5 Å². The molecule has 1 aliphatic heterocycles. The number of carbonyl (C=O) groups is 2. The third-order valence-corrected chi connectivity index (χ3v) is 4.99. The van der Waals surface area contributed by atoms with E-state index >= 15 is 0 Å². The van der Waals surface area contributed by atoms with Crippen molar-refractivity contribution < 1.29 is 14.0 Å². The molecule has 0 aliphatic carbocycles. The van der Waals surface area contributed by atoms with E-state index in [9.17, 15) is 19.2 Å². The second-order valence-corrected chi connectivity index (χ2v) is 7.04. The lowest BCUT2D eigenvalue weighted by Gasteiger charge is -2.22. The van der Waals surface area contributed by atoms with Crippen LogP contribution in [0.25, 0.3) is 0 Å². The Labute approximate surface area is 161 Å². The molecular formula is C19H24N4O5. The Morgan fingerprint density at radius 1 is 1.04 bits per heavy atom. The highest BCUT2D eigenvalue weighted by Crippen LogP contribution is 2.17. The zero-order valence-corrected chi connectivity index (χ0v) is 16.3. The predicted molar refractivity (Wildman–Crippen MR) is 101 cm³/mol. The molecule has 2 aromatic heterocycles. The maximum Gasteiger partial charge on any atom is 0.325 e. The summed E-state index contributed by atoms with van der Waals surface area (Å²) in [5, 5.41) is 0. The molecule has 3 rings (SSSR count). The van der Waals surface area contributed by atoms with Crippen molar-refractivity contribution in [1.29, 1.82) is 0 Å². The molecule has 1 fully saturated rings. The molecule has 150 valence electrons. The van der Waals surface area contributed by atoms with E-state index < -0.39 is 11.2 Å². The van der Waals surface area contributed by atoms with E-state index in [0.717, 1.165) is 0 Å². The summed E-state index contributed by atoms with van der Waals surface area (Å²) in [6.07, 6.45) is 0.556. The SMILES string of the molecule is Cc1cc(C(=O)N2CCCN(C(=O)Cc3c(C)[nH]c(=O)[nH]c3=O)CC2)c(C)o1. The van der Waals surface area contributed by atoms with Gasteiger partial charge in [-0.2, -0.15) is 0 Å². The van der Waals surface area contributed by atoms with Crippen LogP contribution in [0.15, 0.2) is 20.1 Å². The molecule has 2 aromatic rings. The summed E-state index contributed by atoms with van der Waals surface area (Å²) in [7, 11) is 0. The van der Waals surface area contributed by atoms with Crippen molar-refractivity contribution in [3.05, 3.63) is 55.2 Å². The van der Waals surface area contributed by atoms with E-state index in [0.29, 0.717) is 55.4 Å². The molecule has 3 heterocycles. The number of aromatic nitrogens is 2. The van der Waals surface area contributed by atoms with Crippen molar-refractivity contribution in [2.24, 2.45) is 0 Å². The average Bonchev–Trinajstić information content (AvgIpc) is 2.83. The van der Waals surface area contributed by atoms with Gasteiger partial charge in [0.05, 0.1) is 12.0 Å². The van der Waals surface area contributed by atoms with Gasteiger partial charge >= 0.3 is 5.69 Å². The van der Waals surface area contributed by atoms with E-state index in [1.54, 1.807) is 36.6 Å². The van der Waals surface area contributed by atoms with Gasteiger partial charge in [-0.05, 0) is 33.3 Å². The summed E-state index contributed by atoms with van der Waals surface area (Å²) < 4.78 is 5.44. The van der Waals surface area contributed by atoms with E-state index in [1.165, 1.54) is 0 Å². The summed E-state index contributed by atoms with van der Waals surface area (Å²) in [4.78, 5) is 56.7. The number of H-pyrrole nitrogens is 2. The molecule has 9 nitrogen and oxygen atoms in total. The van der Waals surface area contributed by atoms with Crippen LogP contribution >= 0.6 is 0 Å². The molecule has 2 amide bonds. The maximum atomic E-state index is 12.8. The van der Waals surface area contributed by atoms with E-state index in [4.69, 9.17) is 4.42 Å². The van der Waals surface area contributed by atoms with Gasteiger partial charge in [0.1, 0.15) is 11.5 Å². The Bertz CT molecular complexity index is 1020. The third-order valence-electron chi connectivity index (χ3n) is 4.99. The van der Waals surface area contributed by atoms with Crippen LogP contribution in [-0.4, -0.2) is 57.8 Å². The van der Waals surface area contributed by atoms with E-state index in [2.05, 4.69) is 9.97 Å². The quantitative estimate of drug-likeness (QED) is 0.793. The van der Waals surface area contributed by atoms with Gasteiger partial charge in [0, 0.05) is 37.4 Å². The normalized spacial score (nSPS) is 14.8. The highest BCUT2D eigenvalue weighted by molar-refractivity contribution is 5.95. The number of nitrogens with one attached hydrogen (secondary N) is 2. The first kappa shape index (κ1) is 19.7. The fourth-order valence-electron chi connectivity index (χ4n) is 3.49. The molecule has 1 aliphatic rings. The first-order valence-electron chi connectivity index (χ1n) is 9.22. The van der Waals surface area contributed by atoms with Crippen molar-refractivity contribution >= 4 is 11.8 Å². The summed E-state index contributed by atoms with van der Waals surface area (Å²) in [6.45, 7) is 7.01. The number of nitrogens with zero attached hydrogens (tertiary/aromatic N) is 2. The van der Waals surface area contributed by atoms with Gasteiger partial charge < -0.3 is 19.2 Å². The zero-order chi connectivity index (χ0) is 20.4. The number of aryl methyl sites for hydroxylation is 3. The third kappa shape index (κ3) is 4.08. The van der Waals surface area contributed by atoms with Crippen LogP contribution in [0, 0.1) is 20.8 Å². The highest BCUT2D eigenvalue weighted by atomic mass is 16.3. The second-order valence-electron chi connectivity index (χ2n) is 7.04. The standard InChI is InChI=1S/C19H24N4O5/c1-11-9-15(13(3)28-11)18(26)23-6-4-5-22(7-8-23)16(24)10-14-12(2)20-19(27)21-17(14)25/h9H,4-8,10H2,1-3H3,(H2,20,21,25,27). The number of hydrogen-bond acceptors (Lipinski definition) is 5. The van der Waals surface area contributed by atoms with Crippen molar-refractivity contribution in [1.82, 2.24) is 19.8 Å². The lowest BCUT2D eigenvalue weighted by Crippen LogP contribution is -2.39. The van der Waals surface area contributed by atoms with Crippen molar-refractivity contribution in [2.45, 2.75) is 33.6 Å². The minimum Gasteiger partial charge on any atom is -0.466 e. The molecule has 0 radical (unpaired) electrons. The topological polar surface area (TPSA) is 119 Å². The molecule has 9 heteroatoms. The molecular weight excluding hydrogens is 364 g/mol. The van der Waals surface area contributed by atoms with Gasteiger partial charge in [-0.3, -0.25) is 19.4 Å². The maximum absolute atomic E-state index is 12.8. The van der Waals surface area contributed by atoms with Crippen LogP contribution in [0.2, 0.25) is 0 Å². The summed E-state index contributed by atoms with van der Waals surface area (Å²) in [5.41, 5.74) is 0.0536. The first-order chi connectivity index (χ1) is 13.3. The first-order valence-corrected chi connectivity index (χ1v) is 9.22. The molecule has 0 atom stereocenters. The van der Waals surface area contributed by atoms with Crippen LogP contribution in [-0.2, 0) is 11.2 Å². The Morgan fingerprint density at radius 3 is 2.36 bits per heavy atom. The lowest BCUT2D eigenvalue weighted by atomic mass is 10.1. The number of amides is 2. The molecule has 0 aromatic carbocycles. The minimum atomic E-state index is -0.590. The van der Waals surface area contributed by atoms with Crippen LogP contribution in [0.1, 0.15) is 39.6 Å². The summed E-state index contributed by atoms with van der Waals surface area (Å²) in [5.74, 6) is 0.975. The second kappa shape index (κ2) is 7.87. The molecule has 0 bridgehead atoms. The number of furan rings is 1. The van der Waals surface area contributed by atoms with Crippen LogP contribution in [0.5, 0.6) is 0 Å². The smallest absolute Gasteiger partial charge is 0.325 e. The van der Waals surface area contributed by atoms with Crippen LogP contribution < -0.4 is 11.2 Å². The van der Waals surface area contributed by atoms with E-state index in [-0.39, 0.29) is 23.8 Å². The van der Waals surface area contributed by atoms with Crippen LogP contribution in [0.4, 0.5) is 0 Å². The number of hydrogen-bond donors (Lipinski definition) is 2. The molecule has 1 saturated heterocycles. The van der Waals surface area contributed by atoms with Crippen molar-refractivity contribution in [2.75, 3.05) is 26.2 Å². The van der Waals surface area contributed by atoms with Gasteiger partial charge in [0.2, 0.25) is 5.91 Å². The van der Waals surface area contributed by atoms with Crippen molar-refractivity contribution in [3.63, 3.8) is 0 Å². The zero-order valence-electron chi connectivity index (χ0n) is 16.3. The van der Waals surface area contributed by atoms with Crippen LogP contribution in [0.3, 0.4) is 0 Å². The monoisotopic (exact) mass is 388 g/mol. The van der Waals surface area contributed by atoms with Gasteiger partial charge in [-0.25, -0.2) is 4.79 Å². The Morgan fingerprint density at radius 2 is 1.71 bits per heavy atom. The van der Waals surface area contributed by atoms with Crippen molar-refractivity contribution in [3.8, 4) is 0 Å². The fraction of sp³-hybridized carbons (Fsp3) is 0.474. The number of aromatic amines is 2. The molecule has 0 saturated carbocycles. The lowest BCUT2D eigenvalue weighted by molar-refractivity contribution is -0.130. The number of rotatable bonds is 3.